The molecule has 2 amide bonds. The Morgan fingerprint density at radius 3 is 2.35 bits per heavy atom. The Balaban J connectivity index is 1.23. The second-order valence-electron chi connectivity index (χ2n) is 10.0. The molecule has 4 heterocycles. The molecule has 0 saturated carbocycles. The highest BCUT2D eigenvalue weighted by Crippen LogP contribution is 2.50. The predicted octanol–water partition coefficient (Wildman–Crippen LogP) is 4.48. The lowest BCUT2D eigenvalue weighted by Crippen LogP contribution is -2.70. The summed E-state index contributed by atoms with van der Waals surface area (Å²) in [5.74, 6) is 0.431. The maximum absolute atomic E-state index is 13.5. The zero-order valence-electron chi connectivity index (χ0n) is 18.8. The van der Waals surface area contributed by atoms with Crippen molar-refractivity contribution < 1.29 is 23.1 Å². The summed E-state index contributed by atoms with van der Waals surface area (Å²) in [5.41, 5.74) is 3.38. The van der Waals surface area contributed by atoms with Crippen LogP contribution in [0.4, 0.5) is 18.0 Å². The van der Waals surface area contributed by atoms with Crippen LogP contribution in [0.5, 0.6) is 0 Å². The monoisotopic (exact) mass is 471 g/mol. The highest BCUT2D eigenvalue weighted by Gasteiger charge is 2.48. The first-order chi connectivity index (χ1) is 16.3. The Morgan fingerprint density at radius 2 is 1.68 bits per heavy atom. The fourth-order valence-corrected chi connectivity index (χ4v) is 6.54. The van der Waals surface area contributed by atoms with E-state index in [9.17, 15) is 23.1 Å². The van der Waals surface area contributed by atoms with Crippen molar-refractivity contribution >= 4 is 6.03 Å². The number of amides is 2. The van der Waals surface area contributed by atoms with Gasteiger partial charge in [-0.3, -0.25) is 4.90 Å². The van der Waals surface area contributed by atoms with Crippen LogP contribution in [0.1, 0.15) is 47.9 Å². The molecule has 8 heteroatoms. The third kappa shape index (κ3) is 3.50. The first-order valence-corrected chi connectivity index (χ1v) is 12.1. The smallest absolute Gasteiger partial charge is 0.395 e. The van der Waals surface area contributed by atoms with E-state index in [-0.39, 0.29) is 18.7 Å². The summed E-state index contributed by atoms with van der Waals surface area (Å²) in [6.07, 6.45) is -1.41. The third-order valence-corrected chi connectivity index (χ3v) is 8.25. The van der Waals surface area contributed by atoms with Crippen LogP contribution in [0, 0.1) is 0 Å². The molecule has 7 rings (SSSR count). The molecule has 4 atom stereocenters. The molecule has 5 aliphatic rings. The van der Waals surface area contributed by atoms with Crippen molar-refractivity contribution in [3.8, 4) is 11.1 Å². The third-order valence-electron chi connectivity index (χ3n) is 8.25. The van der Waals surface area contributed by atoms with Crippen molar-refractivity contribution in [2.24, 2.45) is 0 Å². The number of benzene rings is 2. The van der Waals surface area contributed by atoms with Gasteiger partial charge in [0.2, 0.25) is 0 Å². The van der Waals surface area contributed by atoms with Gasteiger partial charge in [0.25, 0.3) is 0 Å². The number of piperazine rings is 1. The Hall–Kier alpha value is -2.58. The molecule has 4 saturated heterocycles. The number of halogens is 3. The second-order valence-corrected chi connectivity index (χ2v) is 10.0. The van der Waals surface area contributed by atoms with Gasteiger partial charge in [0, 0.05) is 38.3 Å². The Morgan fingerprint density at radius 1 is 0.971 bits per heavy atom. The van der Waals surface area contributed by atoms with Crippen LogP contribution in [-0.4, -0.2) is 70.7 Å². The minimum atomic E-state index is -4.35. The normalized spacial score (nSPS) is 28.0. The molecule has 0 radical (unpaired) electrons. The molecule has 2 aromatic rings. The number of alkyl halides is 3. The number of aliphatic hydroxyl groups is 1. The van der Waals surface area contributed by atoms with E-state index in [0.29, 0.717) is 37.6 Å². The summed E-state index contributed by atoms with van der Waals surface area (Å²) >= 11 is 0. The van der Waals surface area contributed by atoms with Gasteiger partial charge in [-0.2, -0.15) is 13.2 Å². The first kappa shape index (κ1) is 21.9. The van der Waals surface area contributed by atoms with E-state index in [4.69, 9.17) is 0 Å². The van der Waals surface area contributed by atoms with E-state index < -0.39 is 11.7 Å². The number of urea groups is 1. The number of aliphatic hydroxyl groups excluding tert-OH is 1. The van der Waals surface area contributed by atoms with Crippen LogP contribution in [0.25, 0.3) is 11.1 Å². The molecule has 0 spiro atoms. The number of rotatable bonds is 3. The molecule has 4 bridgehead atoms. The molecule has 2 unspecified atom stereocenters. The topological polar surface area (TPSA) is 47.0 Å². The van der Waals surface area contributed by atoms with Gasteiger partial charge in [0.15, 0.2) is 0 Å². The van der Waals surface area contributed by atoms with Gasteiger partial charge in [0.05, 0.1) is 18.2 Å². The summed E-state index contributed by atoms with van der Waals surface area (Å²) in [6.45, 7) is 2.96. The minimum absolute atomic E-state index is 0.0162. The fourth-order valence-electron chi connectivity index (χ4n) is 6.54. The number of fused-ring (bicyclic) bond motifs is 7. The summed E-state index contributed by atoms with van der Waals surface area (Å²) in [5, 5.41) is 9.27. The van der Waals surface area contributed by atoms with Gasteiger partial charge < -0.3 is 14.9 Å². The van der Waals surface area contributed by atoms with Gasteiger partial charge in [-0.25, -0.2) is 4.79 Å². The Kier molecular flexibility index (Phi) is 5.15. The molecule has 34 heavy (non-hydrogen) atoms. The van der Waals surface area contributed by atoms with E-state index in [1.165, 1.54) is 17.7 Å². The molecular weight excluding hydrogens is 443 g/mol. The molecule has 4 fully saturated rings. The summed E-state index contributed by atoms with van der Waals surface area (Å²) < 4.78 is 38.9. The number of hydrogen-bond donors (Lipinski definition) is 1. The summed E-state index contributed by atoms with van der Waals surface area (Å²) in [4.78, 5) is 19.8. The predicted molar refractivity (Wildman–Crippen MR) is 121 cm³/mol. The highest BCUT2D eigenvalue weighted by molar-refractivity contribution is 5.77. The number of carbonyl (C=O) groups excluding carboxylic acids is 1. The largest absolute Gasteiger partial charge is 0.416 e. The van der Waals surface area contributed by atoms with E-state index in [1.54, 1.807) is 0 Å². The molecule has 1 N–H and O–H groups in total. The molecule has 5 nitrogen and oxygen atoms in total. The average molecular weight is 472 g/mol. The SMILES string of the molecule is O=C(N1CC2CC(C1)N2CCO)N1CC[C@@H]2C[C@H]1c1cc(-c3ccc(C(F)(F)F)cc3)ccc12. The molecule has 180 valence electrons. The summed E-state index contributed by atoms with van der Waals surface area (Å²) in [6, 6.07) is 12.2. The van der Waals surface area contributed by atoms with Crippen LogP contribution in [-0.2, 0) is 6.18 Å². The van der Waals surface area contributed by atoms with Gasteiger partial charge in [-0.05, 0) is 65.6 Å². The molecule has 2 aromatic carbocycles. The minimum Gasteiger partial charge on any atom is -0.395 e. The van der Waals surface area contributed by atoms with Crippen molar-refractivity contribution in [2.45, 2.75) is 49.5 Å². The van der Waals surface area contributed by atoms with Crippen molar-refractivity contribution in [3.05, 3.63) is 59.2 Å². The maximum atomic E-state index is 13.5. The molecule has 1 aliphatic carbocycles. The van der Waals surface area contributed by atoms with Crippen molar-refractivity contribution in [1.29, 1.82) is 0 Å². The lowest BCUT2D eigenvalue weighted by molar-refractivity contribution is -0.137. The first-order valence-electron chi connectivity index (χ1n) is 12.1. The standard InChI is InChI=1S/C26H28F3N3O2/c27-26(28,29)19-4-1-16(2-5-19)17-3-6-22-18-7-8-32(24(12-18)23(22)11-17)25(34)30-14-20-13-21(15-30)31(20)9-10-33/h1-6,11,18,20-21,24,33H,7-10,12-15H2/t18-,20?,21?,24+/m1/s1. The van der Waals surface area contributed by atoms with Gasteiger partial charge in [0.1, 0.15) is 0 Å². The Bertz CT molecular complexity index is 1090. The van der Waals surface area contributed by atoms with Crippen LogP contribution in [0.2, 0.25) is 0 Å². The van der Waals surface area contributed by atoms with E-state index in [1.807, 2.05) is 15.9 Å². The van der Waals surface area contributed by atoms with E-state index in [0.717, 1.165) is 54.6 Å². The van der Waals surface area contributed by atoms with Crippen molar-refractivity contribution in [1.82, 2.24) is 14.7 Å². The second kappa shape index (κ2) is 7.99. The number of carbonyl (C=O) groups is 1. The highest BCUT2D eigenvalue weighted by atomic mass is 19.4. The quantitative estimate of drug-likeness (QED) is 0.718. The van der Waals surface area contributed by atoms with Crippen LogP contribution >= 0.6 is 0 Å². The van der Waals surface area contributed by atoms with Gasteiger partial charge in [-0.15, -0.1) is 0 Å². The Labute approximate surface area is 196 Å². The summed E-state index contributed by atoms with van der Waals surface area (Å²) in [7, 11) is 0. The molecule has 4 aliphatic heterocycles. The zero-order valence-corrected chi connectivity index (χ0v) is 18.8. The van der Waals surface area contributed by atoms with Crippen molar-refractivity contribution in [2.75, 3.05) is 32.8 Å². The van der Waals surface area contributed by atoms with Gasteiger partial charge in [-0.1, -0.05) is 24.3 Å². The van der Waals surface area contributed by atoms with Crippen LogP contribution < -0.4 is 0 Å². The number of hydrogen-bond acceptors (Lipinski definition) is 3. The van der Waals surface area contributed by atoms with Gasteiger partial charge >= 0.3 is 12.2 Å². The lowest BCUT2D eigenvalue weighted by Gasteiger charge is -2.57. The zero-order chi connectivity index (χ0) is 23.6. The lowest BCUT2D eigenvalue weighted by atomic mass is 9.87. The number of likely N-dealkylation sites (tertiary alicyclic amines) is 1. The number of nitrogens with zero attached hydrogens (tertiary/aromatic N) is 3. The number of piperidine rings is 2. The molecule has 0 aromatic heterocycles. The van der Waals surface area contributed by atoms with Crippen LogP contribution in [0.15, 0.2) is 42.5 Å². The van der Waals surface area contributed by atoms with E-state index in [2.05, 4.69) is 17.0 Å². The molecular formula is C26H28F3N3O2. The van der Waals surface area contributed by atoms with Crippen molar-refractivity contribution in [3.63, 3.8) is 0 Å². The van der Waals surface area contributed by atoms with Crippen LogP contribution in [0.3, 0.4) is 0 Å². The maximum Gasteiger partial charge on any atom is 0.416 e. The fraction of sp³-hybridized carbons (Fsp3) is 0.500. The van der Waals surface area contributed by atoms with E-state index >= 15 is 0 Å². The average Bonchev–Trinajstić information content (AvgIpc) is 3.13.